The third-order valence-corrected chi connectivity index (χ3v) is 3.70. The Labute approximate surface area is 109 Å². The lowest BCUT2D eigenvalue weighted by Crippen LogP contribution is -2.52. The maximum absolute atomic E-state index is 11.9. The highest BCUT2D eigenvalue weighted by Gasteiger charge is 2.29. The molecular formula is C13H26N2O3. The van der Waals surface area contributed by atoms with E-state index >= 15 is 0 Å². The van der Waals surface area contributed by atoms with E-state index in [1.165, 1.54) is 0 Å². The molecule has 3 unspecified atom stereocenters. The maximum atomic E-state index is 11.9. The summed E-state index contributed by atoms with van der Waals surface area (Å²) >= 11 is 0. The summed E-state index contributed by atoms with van der Waals surface area (Å²) in [6, 6.07) is -0.172. The molecule has 1 fully saturated rings. The monoisotopic (exact) mass is 258 g/mol. The summed E-state index contributed by atoms with van der Waals surface area (Å²) in [7, 11) is 1.65. The van der Waals surface area contributed by atoms with E-state index in [1.807, 2.05) is 6.92 Å². The minimum absolute atomic E-state index is 0.0351. The number of hydrogen-bond acceptors (Lipinski definition) is 4. The first kappa shape index (κ1) is 15.4. The minimum Gasteiger partial charge on any atom is -0.392 e. The molecule has 0 aromatic heterocycles. The SMILES string of the molecule is COCCCNC(=O)C(C)N1CCC(C)C(O)C1. The van der Waals surface area contributed by atoms with Crippen molar-refractivity contribution in [1.29, 1.82) is 0 Å². The van der Waals surface area contributed by atoms with E-state index in [-0.39, 0.29) is 18.1 Å². The highest BCUT2D eigenvalue weighted by atomic mass is 16.5. The van der Waals surface area contributed by atoms with Gasteiger partial charge in [0.1, 0.15) is 0 Å². The Morgan fingerprint density at radius 2 is 2.33 bits per heavy atom. The van der Waals surface area contributed by atoms with Gasteiger partial charge in [-0.2, -0.15) is 0 Å². The Balaban J connectivity index is 2.30. The standard InChI is InChI=1S/C13H26N2O3/c1-10-5-7-15(9-12(10)16)11(2)13(17)14-6-4-8-18-3/h10-12,16H,4-9H2,1-3H3,(H,14,17). The van der Waals surface area contributed by atoms with Gasteiger partial charge in [-0.05, 0) is 32.2 Å². The summed E-state index contributed by atoms with van der Waals surface area (Å²) in [4.78, 5) is 14.0. The normalized spacial score (nSPS) is 26.9. The average Bonchev–Trinajstić information content (AvgIpc) is 2.37. The fourth-order valence-electron chi connectivity index (χ4n) is 2.17. The number of carbonyl (C=O) groups is 1. The van der Waals surface area contributed by atoms with Crippen LogP contribution in [-0.2, 0) is 9.53 Å². The molecule has 0 aliphatic carbocycles. The van der Waals surface area contributed by atoms with Crippen molar-refractivity contribution in [3.63, 3.8) is 0 Å². The van der Waals surface area contributed by atoms with Crippen LogP contribution < -0.4 is 5.32 Å². The predicted molar refractivity (Wildman–Crippen MR) is 70.3 cm³/mol. The summed E-state index contributed by atoms with van der Waals surface area (Å²) in [6.45, 7) is 6.73. The molecule has 1 rings (SSSR count). The Kier molecular flexibility index (Phi) is 6.60. The predicted octanol–water partition coefficient (Wildman–Crippen LogP) is 0.230. The van der Waals surface area contributed by atoms with Crippen LogP contribution >= 0.6 is 0 Å². The third kappa shape index (κ3) is 4.55. The number of rotatable bonds is 6. The van der Waals surface area contributed by atoms with Crippen LogP contribution in [0.4, 0.5) is 0 Å². The number of nitrogens with one attached hydrogen (secondary N) is 1. The quantitative estimate of drug-likeness (QED) is 0.670. The number of piperidine rings is 1. The Hall–Kier alpha value is -0.650. The summed E-state index contributed by atoms with van der Waals surface area (Å²) in [5.74, 6) is 0.367. The van der Waals surface area contributed by atoms with Crippen molar-refractivity contribution >= 4 is 5.91 Å². The fraction of sp³-hybridized carbons (Fsp3) is 0.923. The van der Waals surface area contributed by atoms with Gasteiger partial charge in [0.15, 0.2) is 0 Å². The zero-order chi connectivity index (χ0) is 13.5. The first-order valence-electron chi connectivity index (χ1n) is 6.75. The molecule has 1 aliphatic rings. The molecule has 5 nitrogen and oxygen atoms in total. The average molecular weight is 258 g/mol. The molecule has 18 heavy (non-hydrogen) atoms. The van der Waals surface area contributed by atoms with Crippen LogP contribution in [0.5, 0.6) is 0 Å². The molecule has 0 spiro atoms. The van der Waals surface area contributed by atoms with E-state index in [0.717, 1.165) is 19.4 Å². The summed E-state index contributed by atoms with van der Waals surface area (Å²) in [6.07, 6.45) is 1.46. The second kappa shape index (κ2) is 7.71. The van der Waals surface area contributed by atoms with Gasteiger partial charge in [-0.1, -0.05) is 6.92 Å². The summed E-state index contributed by atoms with van der Waals surface area (Å²) in [5.41, 5.74) is 0. The Bertz CT molecular complexity index is 261. The molecule has 2 N–H and O–H groups in total. The Morgan fingerprint density at radius 3 is 2.94 bits per heavy atom. The minimum atomic E-state index is -0.317. The lowest BCUT2D eigenvalue weighted by atomic mass is 9.95. The van der Waals surface area contributed by atoms with E-state index in [2.05, 4.69) is 17.1 Å². The van der Waals surface area contributed by atoms with E-state index in [0.29, 0.717) is 25.6 Å². The molecule has 0 bridgehead atoms. The molecule has 1 amide bonds. The molecule has 0 saturated carbocycles. The number of aliphatic hydroxyl groups excluding tert-OH is 1. The molecule has 0 aromatic carbocycles. The number of aliphatic hydroxyl groups is 1. The number of carbonyl (C=O) groups excluding carboxylic acids is 1. The first-order chi connectivity index (χ1) is 8.56. The van der Waals surface area contributed by atoms with E-state index in [1.54, 1.807) is 7.11 Å². The fourth-order valence-corrected chi connectivity index (χ4v) is 2.17. The van der Waals surface area contributed by atoms with Crippen LogP contribution in [-0.4, -0.2) is 61.4 Å². The third-order valence-electron chi connectivity index (χ3n) is 3.70. The van der Waals surface area contributed by atoms with Crippen LogP contribution in [0, 0.1) is 5.92 Å². The molecule has 5 heteroatoms. The molecule has 0 aromatic rings. The van der Waals surface area contributed by atoms with Gasteiger partial charge in [-0.3, -0.25) is 9.69 Å². The van der Waals surface area contributed by atoms with E-state index in [4.69, 9.17) is 4.74 Å². The first-order valence-corrected chi connectivity index (χ1v) is 6.75. The number of methoxy groups -OCH3 is 1. The van der Waals surface area contributed by atoms with Gasteiger partial charge in [0, 0.05) is 26.8 Å². The van der Waals surface area contributed by atoms with Crippen molar-refractivity contribution in [2.75, 3.05) is 33.4 Å². The number of hydrogen-bond donors (Lipinski definition) is 2. The second-order valence-electron chi connectivity index (χ2n) is 5.14. The van der Waals surface area contributed by atoms with Crippen molar-refractivity contribution in [2.24, 2.45) is 5.92 Å². The van der Waals surface area contributed by atoms with Gasteiger partial charge in [0.25, 0.3) is 0 Å². The topological polar surface area (TPSA) is 61.8 Å². The van der Waals surface area contributed by atoms with Gasteiger partial charge >= 0.3 is 0 Å². The second-order valence-corrected chi connectivity index (χ2v) is 5.14. The Morgan fingerprint density at radius 1 is 1.61 bits per heavy atom. The van der Waals surface area contributed by atoms with Gasteiger partial charge in [-0.25, -0.2) is 0 Å². The molecule has 1 aliphatic heterocycles. The number of likely N-dealkylation sites (tertiary alicyclic amines) is 1. The zero-order valence-corrected chi connectivity index (χ0v) is 11.7. The van der Waals surface area contributed by atoms with Crippen molar-refractivity contribution in [3.05, 3.63) is 0 Å². The zero-order valence-electron chi connectivity index (χ0n) is 11.7. The van der Waals surface area contributed by atoms with Gasteiger partial charge in [0.2, 0.25) is 5.91 Å². The van der Waals surface area contributed by atoms with Crippen molar-refractivity contribution in [3.8, 4) is 0 Å². The number of ether oxygens (including phenoxy) is 1. The molecule has 1 heterocycles. The lowest BCUT2D eigenvalue weighted by molar-refractivity contribution is -0.127. The number of amides is 1. The summed E-state index contributed by atoms with van der Waals surface area (Å²) in [5, 5.41) is 12.7. The van der Waals surface area contributed by atoms with E-state index in [9.17, 15) is 9.90 Å². The highest BCUT2D eigenvalue weighted by molar-refractivity contribution is 5.81. The van der Waals surface area contributed by atoms with Gasteiger partial charge in [0.05, 0.1) is 12.1 Å². The molecule has 3 atom stereocenters. The van der Waals surface area contributed by atoms with Crippen LogP contribution in [0.2, 0.25) is 0 Å². The number of β-amino-alcohol motifs (C(OH)–C–C–N with tert-alkyl or cyclic N) is 1. The lowest BCUT2D eigenvalue weighted by Gasteiger charge is -2.37. The molecule has 0 radical (unpaired) electrons. The van der Waals surface area contributed by atoms with Gasteiger partial charge < -0.3 is 15.2 Å². The highest BCUT2D eigenvalue weighted by Crippen LogP contribution is 2.18. The molecule has 106 valence electrons. The maximum Gasteiger partial charge on any atom is 0.237 e. The van der Waals surface area contributed by atoms with Crippen LogP contribution in [0.25, 0.3) is 0 Å². The molecular weight excluding hydrogens is 232 g/mol. The van der Waals surface area contributed by atoms with Crippen molar-refractivity contribution in [1.82, 2.24) is 10.2 Å². The van der Waals surface area contributed by atoms with E-state index < -0.39 is 0 Å². The van der Waals surface area contributed by atoms with Crippen LogP contribution in [0.1, 0.15) is 26.7 Å². The smallest absolute Gasteiger partial charge is 0.237 e. The van der Waals surface area contributed by atoms with Crippen molar-refractivity contribution < 1.29 is 14.6 Å². The summed E-state index contributed by atoms with van der Waals surface area (Å²) < 4.78 is 4.93. The van der Waals surface area contributed by atoms with Gasteiger partial charge in [-0.15, -0.1) is 0 Å². The van der Waals surface area contributed by atoms with Crippen LogP contribution in [0.3, 0.4) is 0 Å². The number of nitrogens with zero attached hydrogens (tertiary/aromatic N) is 1. The molecule has 1 saturated heterocycles. The van der Waals surface area contributed by atoms with Crippen LogP contribution in [0.15, 0.2) is 0 Å². The largest absolute Gasteiger partial charge is 0.392 e. The van der Waals surface area contributed by atoms with Crippen molar-refractivity contribution in [2.45, 2.75) is 38.8 Å².